The van der Waals surface area contributed by atoms with Gasteiger partial charge in [-0.3, -0.25) is 4.68 Å². The molecule has 3 heteroatoms. The monoisotopic (exact) mass is 207 g/mol. The second-order valence-corrected chi connectivity index (χ2v) is 4.51. The lowest BCUT2D eigenvalue weighted by Crippen LogP contribution is -2.19. The Balaban J connectivity index is 2.16. The summed E-state index contributed by atoms with van der Waals surface area (Å²) in [6, 6.07) is 2.17. The van der Waals surface area contributed by atoms with Gasteiger partial charge in [0, 0.05) is 24.4 Å². The van der Waals surface area contributed by atoms with E-state index >= 15 is 0 Å². The third-order valence-corrected chi connectivity index (χ3v) is 3.53. The van der Waals surface area contributed by atoms with Gasteiger partial charge in [-0.15, -0.1) is 0 Å². The molecule has 3 nitrogen and oxygen atoms in total. The van der Waals surface area contributed by atoms with Gasteiger partial charge in [-0.05, 0) is 37.8 Å². The number of aryl methyl sites for hydroxylation is 1. The Morgan fingerprint density at radius 1 is 1.53 bits per heavy atom. The van der Waals surface area contributed by atoms with Crippen LogP contribution in [0.1, 0.15) is 44.2 Å². The summed E-state index contributed by atoms with van der Waals surface area (Å²) in [5.41, 5.74) is 7.23. The average Bonchev–Trinajstić information content (AvgIpc) is 2.84. The van der Waals surface area contributed by atoms with Crippen molar-refractivity contribution in [1.29, 1.82) is 0 Å². The molecule has 1 aromatic heterocycles. The van der Waals surface area contributed by atoms with Crippen molar-refractivity contribution in [2.24, 2.45) is 11.7 Å². The zero-order chi connectivity index (χ0) is 10.7. The van der Waals surface area contributed by atoms with Crippen LogP contribution in [0.3, 0.4) is 0 Å². The van der Waals surface area contributed by atoms with E-state index in [1.807, 2.05) is 6.20 Å². The number of aromatic nitrogens is 2. The molecule has 0 bridgehead atoms. The normalized spacial score (nSPS) is 26.0. The van der Waals surface area contributed by atoms with Gasteiger partial charge in [0.25, 0.3) is 0 Å². The molecule has 0 aliphatic heterocycles. The molecule has 0 aromatic carbocycles. The molecule has 0 amide bonds. The molecule has 0 radical (unpaired) electrons. The van der Waals surface area contributed by atoms with Crippen molar-refractivity contribution < 1.29 is 0 Å². The van der Waals surface area contributed by atoms with Crippen LogP contribution in [0.2, 0.25) is 0 Å². The van der Waals surface area contributed by atoms with Gasteiger partial charge < -0.3 is 5.73 Å². The summed E-state index contributed by atoms with van der Waals surface area (Å²) in [5.74, 6) is 1.33. The van der Waals surface area contributed by atoms with Crippen molar-refractivity contribution >= 4 is 0 Å². The molecular formula is C12H21N3. The Labute approximate surface area is 91.7 Å². The summed E-state index contributed by atoms with van der Waals surface area (Å²) in [4.78, 5) is 0. The average molecular weight is 207 g/mol. The van der Waals surface area contributed by atoms with Gasteiger partial charge in [0.05, 0.1) is 0 Å². The molecule has 1 aliphatic carbocycles. The lowest BCUT2D eigenvalue weighted by atomic mass is 9.93. The van der Waals surface area contributed by atoms with Gasteiger partial charge in [-0.2, -0.15) is 5.10 Å². The maximum Gasteiger partial charge on any atom is 0.0492 e. The van der Waals surface area contributed by atoms with Crippen LogP contribution in [-0.4, -0.2) is 16.3 Å². The molecule has 1 aliphatic rings. The first-order valence-corrected chi connectivity index (χ1v) is 6.08. The van der Waals surface area contributed by atoms with E-state index in [-0.39, 0.29) is 0 Å². The maximum absolute atomic E-state index is 5.82. The molecule has 84 valence electrons. The predicted octanol–water partition coefficient (Wildman–Crippen LogP) is 2.14. The highest BCUT2D eigenvalue weighted by Crippen LogP contribution is 2.38. The van der Waals surface area contributed by atoms with Crippen molar-refractivity contribution in [1.82, 2.24) is 9.78 Å². The standard InChI is InChI=1S/C12H21N3/c1-2-8-15-12(6-7-14-15)11-5-3-4-10(11)9-13/h6-7,10-11H,2-5,8-9,13H2,1H3. The van der Waals surface area contributed by atoms with Crippen LogP contribution in [0, 0.1) is 5.92 Å². The second kappa shape index (κ2) is 4.79. The molecule has 15 heavy (non-hydrogen) atoms. The van der Waals surface area contributed by atoms with E-state index in [0.717, 1.165) is 19.5 Å². The minimum absolute atomic E-state index is 0.657. The molecule has 0 spiro atoms. The highest BCUT2D eigenvalue weighted by Gasteiger charge is 2.29. The quantitative estimate of drug-likeness (QED) is 0.822. The molecule has 2 unspecified atom stereocenters. The third kappa shape index (κ3) is 2.07. The third-order valence-electron chi connectivity index (χ3n) is 3.53. The van der Waals surface area contributed by atoms with E-state index in [1.165, 1.54) is 25.0 Å². The molecule has 1 aromatic rings. The number of nitrogens with two attached hydrogens (primary N) is 1. The Morgan fingerprint density at radius 2 is 2.40 bits per heavy atom. The lowest BCUT2D eigenvalue weighted by molar-refractivity contribution is 0.452. The minimum Gasteiger partial charge on any atom is -0.330 e. The van der Waals surface area contributed by atoms with E-state index in [4.69, 9.17) is 5.73 Å². The van der Waals surface area contributed by atoms with E-state index in [9.17, 15) is 0 Å². The summed E-state index contributed by atoms with van der Waals surface area (Å²) in [7, 11) is 0. The van der Waals surface area contributed by atoms with Crippen molar-refractivity contribution in [3.05, 3.63) is 18.0 Å². The molecule has 0 saturated heterocycles. The maximum atomic E-state index is 5.82. The molecule has 1 saturated carbocycles. The number of nitrogens with zero attached hydrogens (tertiary/aromatic N) is 2. The number of hydrogen-bond acceptors (Lipinski definition) is 2. The Morgan fingerprint density at radius 3 is 3.13 bits per heavy atom. The first-order chi connectivity index (χ1) is 7.36. The summed E-state index contributed by atoms with van der Waals surface area (Å²) in [5, 5.41) is 4.40. The topological polar surface area (TPSA) is 43.8 Å². The fraction of sp³-hybridized carbons (Fsp3) is 0.750. The van der Waals surface area contributed by atoms with Crippen LogP contribution >= 0.6 is 0 Å². The molecular weight excluding hydrogens is 186 g/mol. The van der Waals surface area contributed by atoms with Gasteiger partial charge in [-0.1, -0.05) is 13.3 Å². The van der Waals surface area contributed by atoms with Crippen LogP contribution < -0.4 is 5.73 Å². The first-order valence-electron chi connectivity index (χ1n) is 6.08. The van der Waals surface area contributed by atoms with Gasteiger partial charge in [0.1, 0.15) is 0 Å². The lowest BCUT2D eigenvalue weighted by Gasteiger charge is -2.19. The fourth-order valence-corrected chi connectivity index (χ4v) is 2.76. The van der Waals surface area contributed by atoms with Gasteiger partial charge in [0.15, 0.2) is 0 Å². The smallest absolute Gasteiger partial charge is 0.0492 e. The second-order valence-electron chi connectivity index (χ2n) is 4.51. The first kappa shape index (κ1) is 10.7. The summed E-state index contributed by atoms with van der Waals surface area (Å²) in [6.45, 7) is 4.05. The van der Waals surface area contributed by atoms with Crippen molar-refractivity contribution in [2.75, 3.05) is 6.54 Å². The fourth-order valence-electron chi connectivity index (χ4n) is 2.76. The van der Waals surface area contributed by atoms with E-state index in [1.54, 1.807) is 0 Å². The SMILES string of the molecule is CCCn1nccc1C1CCCC1CN. The van der Waals surface area contributed by atoms with Crippen molar-refractivity contribution in [3.8, 4) is 0 Å². The van der Waals surface area contributed by atoms with Gasteiger partial charge in [-0.25, -0.2) is 0 Å². The summed E-state index contributed by atoms with van der Waals surface area (Å²) in [6.07, 6.45) is 6.98. The highest BCUT2D eigenvalue weighted by molar-refractivity contribution is 5.11. The molecule has 2 N–H and O–H groups in total. The Bertz CT molecular complexity index is 306. The molecule has 1 heterocycles. The Kier molecular flexibility index (Phi) is 3.41. The van der Waals surface area contributed by atoms with Gasteiger partial charge in [0.2, 0.25) is 0 Å². The predicted molar refractivity (Wildman–Crippen MR) is 61.7 cm³/mol. The van der Waals surface area contributed by atoms with Crippen LogP contribution in [0.25, 0.3) is 0 Å². The summed E-state index contributed by atoms with van der Waals surface area (Å²) >= 11 is 0. The van der Waals surface area contributed by atoms with Crippen LogP contribution in [-0.2, 0) is 6.54 Å². The Hall–Kier alpha value is -0.830. The largest absolute Gasteiger partial charge is 0.330 e. The minimum atomic E-state index is 0.657. The zero-order valence-corrected chi connectivity index (χ0v) is 9.52. The van der Waals surface area contributed by atoms with Crippen LogP contribution in [0.15, 0.2) is 12.3 Å². The molecule has 2 atom stereocenters. The number of rotatable bonds is 4. The van der Waals surface area contributed by atoms with Gasteiger partial charge >= 0.3 is 0 Å². The molecule has 2 rings (SSSR count). The van der Waals surface area contributed by atoms with Crippen LogP contribution in [0.5, 0.6) is 0 Å². The van der Waals surface area contributed by atoms with Crippen molar-refractivity contribution in [3.63, 3.8) is 0 Å². The van der Waals surface area contributed by atoms with E-state index < -0.39 is 0 Å². The van der Waals surface area contributed by atoms with Crippen LogP contribution in [0.4, 0.5) is 0 Å². The van der Waals surface area contributed by atoms with Crippen molar-refractivity contribution in [2.45, 2.75) is 45.1 Å². The highest BCUT2D eigenvalue weighted by atomic mass is 15.3. The van der Waals surface area contributed by atoms with E-state index in [0.29, 0.717) is 11.8 Å². The number of hydrogen-bond donors (Lipinski definition) is 1. The molecule has 1 fully saturated rings. The van der Waals surface area contributed by atoms with E-state index in [2.05, 4.69) is 22.8 Å². The summed E-state index contributed by atoms with van der Waals surface area (Å²) < 4.78 is 2.17. The zero-order valence-electron chi connectivity index (χ0n) is 9.52.